The van der Waals surface area contributed by atoms with Crippen LogP contribution >= 0.6 is 24.0 Å². The van der Waals surface area contributed by atoms with Crippen molar-refractivity contribution in [3.8, 4) is 0 Å². The second kappa shape index (κ2) is 8.91. The Bertz CT molecular complexity index is 599. The monoisotopic (exact) mass is 468 g/mol. The van der Waals surface area contributed by atoms with Crippen LogP contribution in [0.3, 0.4) is 0 Å². The first kappa shape index (κ1) is 19.9. The van der Waals surface area contributed by atoms with Gasteiger partial charge < -0.3 is 10.2 Å². The van der Waals surface area contributed by atoms with Crippen LogP contribution in [0.25, 0.3) is 0 Å². The highest BCUT2D eigenvalue weighted by Gasteiger charge is 2.43. The van der Waals surface area contributed by atoms with Crippen molar-refractivity contribution in [3.63, 3.8) is 0 Å². The van der Waals surface area contributed by atoms with Crippen molar-refractivity contribution < 1.29 is 0 Å². The van der Waals surface area contributed by atoms with Crippen LogP contribution in [-0.2, 0) is 6.54 Å². The Morgan fingerprint density at radius 2 is 1.96 bits per heavy atom. The second-order valence-electron chi connectivity index (χ2n) is 8.21. The van der Waals surface area contributed by atoms with Gasteiger partial charge in [-0.25, -0.2) is 0 Å². The van der Waals surface area contributed by atoms with Gasteiger partial charge in [0.15, 0.2) is 5.96 Å². The fourth-order valence-corrected chi connectivity index (χ4v) is 4.89. The molecule has 0 bridgehead atoms. The van der Waals surface area contributed by atoms with Gasteiger partial charge in [0.1, 0.15) is 0 Å². The molecule has 1 aliphatic carbocycles. The lowest BCUT2D eigenvalue weighted by molar-refractivity contribution is 0.151. The number of nitrogens with zero attached hydrogens (tertiary/aromatic N) is 3. The van der Waals surface area contributed by atoms with Crippen LogP contribution in [0.4, 0.5) is 0 Å². The molecule has 2 saturated heterocycles. The molecule has 3 fully saturated rings. The molecular formula is C21H33IN4. The Labute approximate surface area is 175 Å². The minimum Gasteiger partial charge on any atom is -0.355 e. The summed E-state index contributed by atoms with van der Waals surface area (Å²) >= 11 is 0. The van der Waals surface area contributed by atoms with Crippen molar-refractivity contribution in [1.82, 2.24) is 15.1 Å². The highest BCUT2D eigenvalue weighted by Crippen LogP contribution is 2.47. The van der Waals surface area contributed by atoms with Gasteiger partial charge in [0, 0.05) is 39.3 Å². The first-order valence-electron chi connectivity index (χ1n) is 10.0. The molecule has 1 unspecified atom stereocenters. The molecule has 26 heavy (non-hydrogen) atoms. The first-order valence-corrected chi connectivity index (χ1v) is 10.0. The normalized spacial score (nSPS) is 25.2. The Balaban J connectivity index is 0.00000196. The molecule has 2 heterocycles. The number of halogens is 1. The third kappa shape index (κ3) is 4.35. The van der Waals surface area contributed by atoms with Gasteiger partial charge in [0.25, 0.3) is 0 Å². The fourth-order valence-electron chi connectivity index (χ4n) is 4.89. The van der Waals surface area contributed by atoms with Crippen LogP contribution < -0.4 is 5.32 Å². The van der Waals surface area contributed by atoms with Crippen LogP contribution in [0, 0.1) is 5.41 Å². The molecule has 1 spiro atoms. The number of hydrogen-bond acceptors (Lipinski definition) is 2. The molecule has 1 aromatic carbocycles. The lowest BCUT2D eigenvalue weighted by Gasteiger charge is -2.38. The average molecular weight is 468 g/mol. The molecule has 2 aliphatic heterocycles. The molecule has 1 aromatic rings. The van der Waals surface area contributed by atoms with E-state index in [1.54, 1.807) is 0 Å². The standard InChI is InChI=1S/C21H32N4.HI/c1-22-20(25-14-12-21(17-25)10-6-11-21)23-15-19-9-5-13-24(19)16-18-7-3-2-4-8-18;/h2-4,7-8,19H,5-6,9-17H2,1H3,(H,22,23);1H. The van der Waals surface area contributed by atoms with E-state index in [0.717, 1.165) is 19.0 Å². The molecule has 4 nitrogen and oxygen atoms in total. The molecule has 1 atom stereocenters. The lowest BCUT2D eigenvalue weighted by Crippen LogP contribution is -2.47. The van der Waals surface area contributed by atoms with Gasteiger partial charge >= 0.3 is 0 Å². The highest BCUT2D eigenvalue weighted by atomic mass is 127. The van der Waals surface area contributed by atoms with E-state index in [1.165, 1.54) is 63.7 Å². The maximum atomic E-state index is 4.58. The third-order valence-corrected chi connectivity index (χ3v) is 6.59. The van der Waals surface area contributed by atoms with Crippen molar-refractivity contribution in [2.75, 3.05) is 33.2 Å². The number of likely N-dealkylation sites (tertiary alicyclic amines) is 2. The van der Waals surface area contributed by atoms with Crippen LogP contribution in [0.2, 0.25) is 0 Å². The Hall–Kier alpha value is -0.820. The van der Waals surface area contributed by atoms with E-state index < -0.39 is 0 Å². The summed E-state index contributed by atoms with van der Waals surface area (Å²) in [6.07, 6.45) is 8.24. The van der Waals surface area contributed by atoms with Crippen LogP contribution in [0.15, 0.2) is 35.3 Å². The summed E-state index contributed by atoms with van der Waals surface area (Å²) in [4.78, 5) is 9.70. The van der Waals surface area contributed by atoms with E-state index in [2.05, 4.69) is 50.4 Å². The van der Waals surface area contributed by atoms with Crippen LogP contribution in [0.5, 0.6) is 0 Å². The second-order valence-corrected chi connectivity index (χ2v) is 8.21. The zero-order chi connectivity index (χ0) is 17.1. The Morgan fingerprint density at radius 3 is 2.62 bits per heavy atom. The molecule has 3 aliphatic rings. The average Bonchev–Trinajstić information content (AvgIpc) is 3.24. The SMILES string of the molecule is CN=C(NCC1CCCN1Cc1ccccc1)N1CCC2(CCC2)C1.I. The number of guanidine groups is 1. The number of rotatable bonds is 4. The van der Waals surface area contributed by atoms with Gasteiger partial charge in [-0.15, -0.1) is 24.0 Å². The first-order chi connectivity index (χ1) is 12.3. The molecule has 144 valence electrons. The highest BCUT2D eigenvalue weighted by molar-refractivity contribution is 14.0. The van der Waals surface area contributed by atoms with Gasteiger partial charge in [0.05, 0.1) is 0 Å². The van der Waals surface area contributed by atoms with E-state index in [4.69, 9.17) is 0 Å². The van der Waals surface area contributed by atoms with Crippen molar-refractivity contribution >= 4 is 29.9 Å². The van der Waals surface area contributed by atoms with Gasteiger partial charge in [-0.3, -0.25) is 9.89 Å². The number of nitrogens with one attached hydrogen (secondary N) is 1. The maximum absolute atomic E-state index is 4.58. The summed E-state index contributed by atoms with van der Waals surface area (Å²) in [5, 5.41) is 3.69. The lowest BCUT2D eigenvalue weighted by atomic mass is 9.68. The van der Waals surface area contributed by atoms with Crippen molar-refractivity contribution in [1.29, 1.82) is 0 Å². The van der Waals surface area contributed by atoms with Crippen LogP contribution in [0.1, 0.15) is 44.1 Å². The molecule has 1 N–H and O–H groups in total. The predicted molar refractivity (Wildman–Crippen MR) is 119 cm³/mol. The van der Waals surface area contributed by atoms with Crippen molar-refractivity contribution in [2.45, 2.75) is 51.1 Å². The summed E-state index contributed by atoms with van der Waals surface area (Å²) in [7, 11) is 1.94. The third-order valence-electron chi connectivity index (χ3n) is 6.59. The number of aliphatic imine (C=N–C) groups is 1. The summed E-state index contributed by atoms with van der Waals surface area (Å²) in [5.74, 6) is 1.12. The quantitative estimate of drug-likeness (QED) is 0.415. The van der Waals surface area contributed by atoms with Gasteiger partial charge in [0.2, 0.25) is 0 Å². The zero-order valence-electron chi connectivity index (χ0n) is 16.0. The molecule has 0 amide bonds. The van der Waals surface area contributed by atoms with Crippen molar-refractivity contribution in [2.24, 2.45) is 10.4 Å². The zero-order valence-corrected chi connectivity index (χ0v) is 18.3. The minimum atomic E-state index is 0. The summed E-state index contributed by atoms with van der Waals surface area (Å²) in [6, 6.07) is 11.5. The smallest absolute Gasteiger partial charge is 0.193 e. The molecular weight excluding hydrogens is 435 g/mol. The Morgan fingerprint density at radius 1 is 1.15 bits per heavy atom. The number of benzene rings is 1. The van der Waals surface area contributed by atoms with E-state index in [0.29, 0.717) is 11.5 Å². The van der Waals surface area contributed by atoms with E-state index in [1.807, 2.05) is 7.05 Å². The predicted octanol–water partition coefficient (Wildman–Crippen LogP) is 3.72. The molecule has 1 saturated carbocycles. The molecule has 0 radical (unpaired) electrons. The largest absolute Gasteiger partial charge is 0.355 e. The molecule has 0 aromatic heterocycles. The minimum absolute atomic E-state index is 0. The Kier molecular flexibility index (Phi) is 6.83. The van der Waals surface area contributed by atoms with Crippen LogP contribution in [-0.4, -0.2) is 55.0 Å². The maximum Gasteiger partial charge on any atom is 0.193 e. The van der Waals surface area contributed by atoms with Gasteiger partial charge in [-0.2, -0.15) is 0 Å². The number of hydrogen-bond donors (Lipinski definition) is 1. The van der Waals surface area contributed by atoms with Gasteiger partial charge in [-0.1, -0.05) is 36.8 Å². The summed E-state index contributed by atoms with van der Waals surface area (Å²) < 4.78 is 0. The van der Waals surface area contributed by atoms with E-state index in [-0.39, 0.29) is 24.0 Å². The summed E-state index contributed by atoms with van der Waals surface area (Å²) in [6.45, 7) is 5.69. The fraction of sp³-hybridized carbons (Fsp3) is 0.667. The molecule has 5 heteroatoms. The van der Waals surface area contributed by atoms with E-state index in [9.17, 15) is 0 Å². The molecule has 4 rings (SSSR count). The van der Waals surface area contributed by atoms with Crippen molar-refractivity contribution in [3.05, 3.63) is 35.9 Å². The topological polar surface area (TPSA) is 30.9 Å². The van der Waals surface area contributed by atoms with Gasteiger partial charge in [-0.05, 0) is 49.6 Å². The summed E-state index contributed by atoms with van der Waals surface area (Å²) in [5.41, 5.74) is 2.05. The van der Waals surface area contributed by atoms with E-state index >= 15 is 0 Å².